The highest BCUT2D eigenvalue weighted by molar-refractivity contribution is 8.00. The number of amides is 1. The molecule has 0 unspecified atom stereocenters. The fourth-order valence-electron chi connectivity index (χ4n) is 2.45. The first-order valence-electron chi connectivity index (χ1n) is 7.33. The summed E-state index contributed by atoms with van der Waals surface area (Å²) in [6, 6.07) is 17.9. The third-order valence-corrected chi connectivity index (χ3v) is 4.55. The van der Waals surface area contributed by atoms with E-state index in [-0.39, 0.29) is 5.91 Å². The summed E-state index contributed by atoms with van der Waals surface area (Å²) in [6.45, 7) is 3.06. The Bertz CT molecular complexity index is 780. The summed E-state index contributed by atoms with van der Waals surface area (Å²) in [6.07, 6.45) is 2.13. The third kappa shape index (κ3) is 3.17. The third-order valence-electron chi connectivity index (χ3n) is 3.51. The number of hydrogen-bond acceptors (Lipinski definition) is 2. The minimum atomic E-state index is 0.0181. The molecule has 0 fully saturated rings. The normalized spacial score (nSPS) is 10.8. The average molecular weight is 310 g/mol. The molecule has 4 heteroatoms. The van der Waals surface area contributed by atoms with Crippen molar-refractivity contribution >= 4 is 34.3 Å². The predicted octanol–water partition coefficient (Wildman–Crippen LogP) is 4.39. The van der Waals surface area contributed by atoms with E-state index in [9.17, 15) is 4.79 Å². The average Bonchev–Trinajstić information content (AvgIpc) is 2.92. The molecule has 22 heavy (non-hydrogen) atoms. The molecule has 112 valence electrons. The van der Waals surface area contributed by atoms with Crippen LogP contribution in [0.2, 0.25) is 0 Å². The van der Waals surface area contributed by atoms with E-state index in [0.717, 1.165) is 17.1 Å². The Morgan fingerprint density at radius 3 is 2.59 bits per heavy atom. The Labute approximate surface area is 134 Å². The lowest BCUT2D eigenvalue weighted by Crippen LogP contribution is -2.13. The van der Waals surface area contributed by atoms with Crippen molar-refractivity contribution in [3.05, 3.63) is 60.8 Å². The molecule has 0 spiro atoms. The van der Waals surface area contributed by atoms with E-state index < -0.39 is 0 Å². The molecule has 3 rings (SSSR count). The Kier molecular flexibility index (Phi) is 4.49. The van der Waals surface area contributed by atoms with Crippen LogP contribution in [0.4, 0.5) is 5.69 Å². The summed E-state index contributed by atoms with van der Waals surface area (Å²) >= 11 is 1.58. The molecular formula is C18H18N2OS. The number of para-hydroxylation sites is 2. The van der Waals surface area contributed by atoms with E-state index in [1.165, 1.54) is 10.9 Å². The number of rotatable bonds is 5. The van der Waals surface area contributed by atoms with Gasteiger partial charge in [-0.1, -0.05) is 36.4 Å². The predicted molar refractivity (Wildman–Crippen MR) is 93.4 cm³/mol. The van der Waals surface area contributed by atoms with Gasteiger partial charge in [-0.2, -0.15) is 0 Å². The molecule has 0 saturated heterocycles. The monoisotopic (exact) mass is 310 g/mol. The summed E-state index contributed by atoms with van der Waals surface area (Å²) in [5, 5.41) is 4.12. The van der Waals surface area contributed by atoms with Gasteiger partial charge in [0.25, 0.3) is 0 Å². The molecule has 3 nitrogen and oxygen atoms in total. The zero-order valence-corrected chi connectivity index (χ0v) is 13.3. The fraction of sp³-hybridized carbons (Fsp3) is 0.167. The molecule has 1 heterocycles. The fourth-order valence-corrected chi connectivity index (χ4v) is 3.34. The maximum absolute atomic E-state index is 12.1. The van der Waals surface area contributed by atoms with Crippen molar-refractivity contribution in [1.82, 2.24) is 4.57 Å². The standard InChI is InChI=1S/C18H18N2OS/c1-2-20-12-17(15-10-6-7-11-16(15)20)22-13-18(21)19-14-8-4-3-5-9-14/h3-12H,2,13H2,1H3,(H,19,21). The first kappa shape index (κ1) is 14.7. The van der Waals surface area contributed by atoms with Crippen LogP contribution in [-0.2, 0) is 11.3 Å². The van der Waals surface area contributed by atoms with Crippen LogP contribution in [0.3, 0.4) is 0 Å². The first-order chi connectivity index (χ1) is 10.8. The zero-order chi connectivity index (χ0) is 15.4. The molecule has 0 saturated carbocycles. The Morgan fingerprint density at radius 2 is 1.82 bits per heavy atom. The van der Waals surface area contributed by atoms with E-state index in [1.54, 1.807) is 11.8 Å². The Morgan fingerprint density at radius 1 is 1.09 bits per heavy atom. The van der Waals surface area contributed by atoms with Gasteiger partial charge in [-0.3, -0.25) is 4.79 Å². The van der Waals surface area contributed by atoms with Gasteiger partial charge in [0.2, 0.25) is 5.91 Å². The quantitative estimate of drug-likeness (QED) is 0.709. The van der Waals surface area contributed by atoms with Crippen molar-refractivity contribution in [2.24, 2.45) is 0 Å². The van der Waals surface area contributed by atoms with Crippen molar-refractivity contribution in [3.8, 4) is 0 Å². The van der Waals surface area contributed by atoms with Crippen LogP contribution >= 0.6 is 11.8 Å². The highest BCUT2D eigenvalue weighted by atomic mass is 32.2. The minimum Gasteiger partial charge on any atom is -0.347 e. The second kappa shape index (κ2) is 6.71. The zero-order valence-electron chi connectivity index (χ0n) is 12.5. The van der Waals surface area contributed by atoms with Gasteiger partial charge in [0.15, 0.2) is 0 Å². The summed E-state index contributed by atoms with van der Waals surface area (Å²) in [7, 11) is 0. The van der Waals surface area contributed by atoms with Crippen LogP contribution in [0.5, 0.6) is 0 Å². The second-order valence-corrected chi connectivity index (χ2v) is 6.02. The lowest BCUT2D eigenvalue weighted by atomic mass is 10.2. The number of anilines is 1. The van der Waals surface area contributed by atoms with Gasteiger partial charge in [-0.25, -0.2) is 0 Å². The largest absolute Gasteiger partial charge is 0.347 e. The molecule has 0 aliphatic rings. The van der Waals surface area contributed by atoms with Gasteiger partial charge >= 0.3 is 0 Å². The number of benzene rings is 2. The molecule has 0 bridgehead atoms. The summed E-state index contributed by atoms with van der Waals surface area (Å²) in [4.78, 5) is 13.2. The summed E-state index contributed by atoms with van der Waals surface area (Å²) in [5.41, 5.74) is 2.06. The SMILES string of the molecule is CCn1cc(SCC(=O)Nc2ccccc2)c2ccccc21. The number of aryl methyl sites for hydroxylation is 1. The molecule has 0 aliphatic carbocycles. The molecule has 1 N–H and O–H groups in total. The Hall–Kier alpha value is -2.20. The van der Waals surface area contributed by atoms with Crippen LogP contribution in [0, 0.1) is 0 Å². The lowest BCUT2D eigenvalue weighted by molar-refractivity contribution is -0.113. The van der Waals surface area contributed by atoms with E-state index in [1.807, 2.05) is 42.5 Å². The molecule has 0 radical (unpaired) electrons. The highest BCUT2D eigenvalue weighted by Gasteiger charge is 2.10. The van der Waals surface area contributed by atoms with Crippen LogP contribution in [0.15, 0.2) is 65.7 Å². The molecule has 0 atom stereocenters. The second-order valence-electron chi connectivity index (χ2n) is 5.00. The van der Waals surface area contributed by atoms with Gasteiger partial charge in [0.1, 0.15) is 0 Å². The van der Waals surface area contributed by atoms with Gasteiger partial charge in [-0.15, -0.1) is 11.8 Å². The lowest BCUT2D eigenvalue weighted by Gasteiger charge is -2.04. The first-order valence-corrected chi connectivity index (χ1v) is 8.32. The van der Waals surface area contributed by atoms with E-state index in [0.29, 0.717) is 5.75 Å². The van der Waals surface area contributed by atoms with Crippen LogP contribution < -0.4 is 5.32 Å². The molecule has 1 amide bonds. The van der Waals surface area contributed by atoms with Crippen molar-refractivity contribution < 1.29 is 4.79 Å². The van der Waals surface area contributed by atoms with Gasteiger partial charge < -0.3 is 9.88 Å². The smallest absolute Gasteiger partial charge is 0.234 e. The van der Waals surface area contributed by atoms with E-state index in [2.05, 4.69) is 35.1 Å². The number of hydrogen-bond donors (Lipinski definition) is 1. The number of fused-ring (bicyclic) bond motifs is 1. The van der Waals surface area contributed by atoms with Crippen molar-refractivity contribution in [2.75, 3.05) is 11.1 Å². The Balaban J connectivity index is 1.70. The van der Waals surface area contributed by atoms with Crippen LogP contribution in [0.1, 0.15) is 6.92 Å². The summed E-state index contributed by atoms with van der Waals surface area (Å²) in [5.74, 6) is 0.427. The van der Waals surface area contributed by atoms with Gasteiger partial charge in [-0.05, 0) is 25.1 Å². The number of nitrogens with zero attached hydrogens (tertiary/aromatic N) is 1. The number of nitrogens with one attached hydrogen (secondary N) is 1. The molecule has 3 aromatic rings. The maximum Gasteiger partial charge on any atom is 0.234 e. The van der Waals surface area contributed by atoms with Crippen LogP contribution in [-0.4, -0.2) is 16.2 Å². The highest BCUT2D eigenvalue weighted by Crippen LogP contribution is 2.30. The minimum absolute atomic E-state index is 0.0181. The number of carbonyl (C=O) groups is 1. The molecular weight excluding hydrogens is 292 g/mol. The number of thioether (sulfide) groups is 1. The van der Waals surface area contributed by atoms with Gasteiger partial charge in [0, 0.05) is 34.2 Å². The van der Waals surface area contributed by atoms with Crippen molar-refractivity contribution in [3.63, 3.8) is 0 Å². The van der Waals surface area contributed by atoms with Gasteiger partial charge in [0.05, 0.1) is 5.75 Å². The number of carbonyl (C=O) groups excluding carboxylic acids is 1. The topological polar surface area (TPSA) is 34.0 Å². The van der Waals surface area contributed by atoms with Crippen molar-refractivity contribution in [1.29, 1.82) is 0 Å². The van der Waals surface area contributed by atoms with E-state index in [4.69, 9.17) is 0 Å². The molecule has 1 aromatic heterocycles. The summed E-state index contributed by atoms with van der Waals surface area (Å²) < 4.78 is 2.22. The van der Waals surface area contributed by atoms with E-state index >= 15 is 0 Å². The maximum atomic E-state index is 12.1. The molecule has 0 aliphatic heterocycles. The molecule has 2 aromatic carbocycles. The number of aromatic nitrogens is 1. The van der Waals surface area contributed by atoms with Crippen LogP contribution in [0.25, 0.3) is 10.9 Å². The van der Waals surface area contributed by atoms with Crippen molar-refractivity contribution in [2.45, 2.75) is 18.4 Å².